The van der Waals surface area contributed by atoms with Crippen molar-refractivity contribution in [2.24, 2.45) is 7.05 Å². The molecule has 50 heavy (non-hydrogen) atoms. The highest BCUT2D eigenvalue weighted by Gasteiger charge is 2.41. The fourth-order valence-corrected chi connectivity index (χ4v) is 6.70. The molecule has 0 fully saturated rings. The minimum atomic E-state index is -4.67. The summed E-state index contributed by atoms with van der Waals surface area (Å²) in [7, 11) is 1.68. The molecule has 6 aromatic rings. The van der Waals surface area contributed by atoms with Crippen molar-refractivity contribution in [1.29, 1.82) is 0 Å². The van der Waals surface area contributed by atoms with Crippen LogP contribution in [0.3, 0.4) is 0 Å². The van der Waals surface area contributed by atoms with Crippen LogP contribution in [0.15, 0.2) is 83.1 Å². The Kier molecular flexibility index (Phi) is 7.72. The Bertz CT molecular complexity index is 2200. The van der Waals surface area contributed by atoms with E-state index >= 15 is 0 Å². The Labute approximate surface area is 282 Å². The number of halogens is 6. The second-order valence-corrected chi connectivity index (χ2v) is 12.4. The van der Waals surface area contributed by atoms with Crippen LogP contribution >= 0.6 is 11.8 Å². The largest absolute Gasteiger partial charge is 0.420 e. The first-order valence-corrected chi connectivity index (χ1v) is 15.5. The predicted molar refractivity (Wildman–Crippen MR) is 166 cm³/mol. The third-order valence-corrected chi connectivity index (χ3v) is 9.23. The van der Waals surface area contributed by atoms with Gasteiger partial charge in [0, 0.05) is 30.2 Å². The number of fused-ring (bicyclic) bond motifs is 2. The molecule has 0 aliphatic carbocycles. The van der Waals surface area contributed by atoms with E-state index in [0.717, 1.165) is 36.0 Å². The Hall–Kier alpha value is -5.65. The molecule has 0 unspecified atom stereocenters. The Balaban J connectivity index is 1.46. The number of hydrogen-bond acceptors (Lipinski definition) is 8. The van der Waals surface area contributed by atoms with Crippen LogP contribution in [0.25, 0.3) is 11.4 Å². The van der Waals surface area contributed by atoms with Gasteiger partial charge in [-0.1, -0.05) is 18.2 Å². The van der Waals surface area contributed by atoms with E-state index in [4.69, 9.17) is 4.74 Å². The molecule has 3 aromatic heterocycles. The summed E-state index contributed by atoms with van der Waals surface area (Å²) in [6, 6.07) is 13.4. The number of aryl methyl sites for hydroxylation is 3. The van der Waals surface area contributed by atoms with Crippen LogP contribution < -0.4 is 4.74 Å². The van der Waals surface area contributed by atoms with Crippen LogP contribution in [0.2, 0.25) is 0 Å². The molecule has 1 aliphatic heterocycles. The van der Waals surface area contributed by atoms with Gasteiger partial charge in [0.05, 0.1) is 43.7 Å². The first kappa shape index (κ1) is 32.9. The maximum atomic E-state index is 13.7. The number of hydrogen-bond donors (Lipinski definition) is 0. The van der Waals surface area contributed by atoms with Gasteiger partial charge < -0.3 is 9.30 Å². The highest BCUT2D eigenvalue weighted by molar-refractivity contribution is 7.99. The lowest BCUT2D eigenvalue weighted by molar-refractivity contribution is -0.387. The summed E-state index contributed by atoms with van der Waals surface area (Å²) in [6.07, 6.45) is -7.89. The van der Waals surface area contributed by atoms with Crippen molar-refractivity contribution < 1.29 is 36.0 Å². The van der Waals surface area contributed by atoms with Crippen LogP contribution in [0.4, 0.5) is 32.0 Å². The van der Waals surface area contributed by atoms with Gasteiger partial charge in [0.25, 0.3) is 5.69 Å². The van der Waals surface area contributed by atoms with Gasteiger partial charge in [-0.15, -0.1) is 10.2 Å². The fraction of sp³-hybridized carbons (Fsp3) is 0.188. The molecular formula is C32H22F6N8O3S. The molecule has 7 rings (SSSR count). The maximum Gasteiger partial charge on any atom is 0.416 e. The lowest BCUT2D eigenvalue weighted by atomic mass is 9.83. The third kappa shape index (κ3) is 5.64. The zero-order valence-electron chi connectivity index (χ0n) is 26.0. The van der Waals surface area contributed by atoms with E-state index in [0.29, 0.717) is 33.2 Å². The molecule has 0 saturated carbocycles. The molecule has 0 spiro atoms. The first-order chi connectivity index (χ1) is 23.6. The molecule has 0 atom stereocenters. The standard InChI is InChI=1S/C32H22F6N8O3S/c1-16-25-27(18-10-11-24(23(12-18)46(47)48)50-30-40-39-15-43(30)3)26-17(2)42-45(22-9-5-7-20(14-22)32(36,37)38)29(26)49-28(25)44(41-16)21-8-4-6-19(13-21)31(33,34)35/h4-15,27H,1-3H3. The minimum absolute atomic E-state index is 0.00497. The number of ether oxygens (including phenoxy) is 1. The van der Waals surface area contributed by atoms with Gasteiger partial charge in [-0.2, -0.15) is 36.5 Å². The van der Waals surface area contributed by atoms with E-state index in [9.17, 15) is 36.5 Å². The fourth-order valence-electron chi connectivity index (χ4n) is 5.85. The number of aromatic nitrogens is 7. The van der Waals surface area contributed by atoms with E-state index < -0.39 is 34.3 Å². The summed E-state index contributed by atoms with van der Waals surface area (Å²) in [6.45, 7) is 3.23. The van der Waals surface area contributed by atoms with E-state index in [1.54, 1.807) is 37.6 Å². The van der Waals surface area contributed by atoms with Crippen molar-refractivity contribution in [3.63, 3.8) is 0 Å². The van der Waals surface area contributed by atoms with E-state index in [1.807, 2.05) is 0 Å². The van der Waals surface area contributed by atoms with Crippen LogP contribution in [-0.2, 0) is 19.4 Å². The number of benzene rings is 3. The number of rotatable bonds is 6. The van der Waals surface area contributed by atoms with Crippen molar-refractivity contribution in [1.82, 2.24) is 34.3 Å². The summed E-state index contributed by atoms with van der Waals surface area (Å²) in [5.41, 5.74) is -0.362. The van der Waals surface area contributed by atoms with Gasteiger partial charge in [-0.25, -0.2) is 9.36 Å². The summed E-state index contributed by atoms with van der Waals surface area (Å²) in [5.74, 6) is -0.958. The second kappa shape index (κ2) is 11.7. The zero-order chi connectivity index (χ0) is 35.7. The molecule has 0 N–H and O–H groups in total. The molecule has 0 bridgehead atoms. The van der Waals surface area contributed by atoms with Gasteiger partial charge in [-0.05, 0) is 73.6 Å². The quantitative estimate of drug-likeness (QED) is 0.0963. The summed E-state index contributed by atoms with van der Waals surface area (Å²) in [5, 5.41) is 29.7. The Morgan fingerprint density at radius 3 is 1.82 bits per heavy atom. The Morgan fingerprint density at radius 1 is 0.820 bits per heavy atom. The van der Waals surface area contributed by atoms with Crippen LogP contribution in [0, 0.1) is 24.0 Å². The van der Waals surface area contributed by atoms with Gasteiger partial charge in [0.1, 0.15) is 6.33 Å². The lowest BCUT2D eigenvalue weighted by Gasteiger charge is -2.26. The van der Waals surface area contributed by atoms with Gasteiger partial charge >= 0.3 is 12.4 Å². The maximum absolute atomic E-state index is 13.7. The molecule has 11 nitrogen and oxygen atoms in total. The SMILES string of the molecule is Cc1nn(-c2cccc(C(F)(F)F)c2)c2c1C(c1ccc(Sc3nncn3C)c([N+](=O)[O-])c1)c1c(C)nn(-c3cccc(C(F)(F)F)c3)c1O2. The van der Waals surface area contributed by atoms with E-state index in [2.05, 4.69) is 20.4 Å². The van der Waals surface area contributed by atoms with Gasteiger partial charge in [0.15, 0.2) is 5.16 Å². The summed E-state index contributed by atoms with van der Waals surface area (Å²) in [4.78, 5) is 12.1. The lowest BCUT2D eigenvalue weighted by Crippen LogP contribution is -2.15. The smallest absolute Gasteiger partial charge is 0.416 e. The molecule has 18 heteroatoms. The van der Waals surface area contributed by atoms with Crippen molar-refractivity contribution in [3.05, 3.63) is 122 Å². The first-order valence-electron chi connectivity index (χ1n) is 14.6. The minimum Gasteiger partial charge on any atom is -0.420 e. The van der Waals surface area contributed by atoms with Gasteiger partial charge in [0.2, 0.25) is 11.8 Å². The predicted octanol–water partition coefficient (Wildman–Crippen LogP) is 8.19. The van der Waals surface area contributed by atoms with Gasteiger partial charge in [-0.3, -0.25) is 10.1 Å². The Morgan fingerprint density at radius 2 is 1.36 bits per heavy atom. The molecule has 0 amide bonds. The average Bonchev–Trinajstić information content (AvgIpc) is 3.74. The molecule has 256 valence electrons. The van der Waals surface area contributed by atoms with E-state index in [-0.39, 0.29) is 33.7 Å². The topological polar surface area (TPSA) is 119 Å². The number of nitro groups is 1. The summed E-state index contributed by atoms with van der Waals surface area (Å²) >= 11 is 1.02. The van der Waals surface area contributed by atoms with Crippen molar-refractivity contribution in [2.45, 2.75) is 42.2 Å². The number of alkyl halides is 6. The average molecular weight is 713 g/mol. The second-order valence-electron chi connectivity index (χ2n) is 11.4. The van der Waals surface area contributed by atoms with Crippen LogP contribution in [0.1, 0.15) is 45.1 Å². The molecule has 0 saturated heterocycles. The molecule has 0 radical (unpaired) electrons. The van der Waals surface area contributed by atoms with Crippen molar-refractivity contribution >= 4 is 17.4 Å². The highest BCUT2D eigenvalue weighted by Crippen LogP contribution is 2.52. The molecule has 1 aliphatic rings. The molecular weight excluding hydrogens is 690 g/mol. The number of nitro benzene ring substituents is 1. The normalized spacial score (nSPS) is 13.2. The van der Waals surface area contributed by atoms with Crippen molar-refractivity contribution in [3.8, 4) is 23.1 Å². The van der Waals surface area contributed by atoms with Crippen molar-refractivity contribution in [2.75, 3.05) is 0 Å². The molecule has 3 aromatic carbocycles. The van der Waals surface area contributed by atoms with Crippen LogP contribution in [-0.4, -0.2) is 39.2 Å². The number of nitrogens with zero attached hydrogens (tertiary/aromatic N) is 8. The van der Waals surface area contributed by atoms with E-state index in [1.165, 1.54) is 46.0 Å². The zero-order valence-corrected chi connectivity index (χ0v) is 26.8. The summed E-state index contributed by atoms with van der Waals surface area (Å²) < 4.78 is 92.7. The monoisotopic (exact) mass is 712 g/mol. The third-order valence-electron chi connectivity index (χ3n) is 8.12. The molecule has 4 heterocycles. The highest BCUT2D eigenvalue weighted by atomic mass is 32.2. The van der Waals surface area contributed by atoms with Crippen LogP contribution in [0.5, 0.6) is 11.8 Å².